The predicted molar refractivity (Wildman–Crippen MR) is 103 cm³/mol. The van der Waals surface area contributed by atoms with Crippen molar-refractivity contribution in [1.29, 1.82) is 0 Å². The van der Waals surface area contributed by atoms with Gasteiger partial charge in [0.25, 0.3) is 5.91 Å². The van der Waals surface area contributed by atoms with Crippen LogP contribution in [0.2, 0.25) is 5.02 Å². The molecule has 10 heteroatoms. The molecule has 1 aromatic carbocycles. The van der Waals surface area contributed by atoms with Gasteiger partial charge in [0.2, 0.25) is 10.0 Å². The monoisotopic (exact) mass is 402 g/mol. The lowest BCUT2D eigenvalue weighted by atomic mass is 10.1. The second-order valence-corrected chi connectivity index (χ2v) is 8.45. The molecule has 1 N–H and O–H groups in total. The van der Waals surface area contributed by atoms with Crippen LogP contribution in [0.1, 0.15) is 12.8 Å². The summed E-state index contributed by atoms with van der Waals surface area (Å²) in [5.41, 5.74) is 3.53. The molecule has 1 aromatic rings. The molecule has 2 rings (SSSR count). The van der Waals surface area contributed by atoms with Gasteiger partial charge in [0.1, 0.15) is 12.3 Å². The van der Waals surface area contributed by atoms with Crippen LogP contribution >= 0.6 is 11.6 Å². The number of benzene rings is 1. The third-order valence-corrected chi connectivity index (χ3v) is 5.36. The molecule has 0 atom stereocenters. The van der Waals surface area contributed by atoms with Crippen molar-refractivity contribution >= 4 is 38.9 Å². The van der Waals surface area contributed by atoms with Crippen LogP contribution in [-0.4, -0.2) is 65.0 Å². The van der Waals surface area contributed by atoms with Gasteiger partial charge in [-0.1, -0.05) is 11.6 Å². The van der Waals surface area contributed by atoms with Crippen LogP contribution in [0.15, 0.2) is 23.3 Å². The molecular weight excluding hydrogens is 380 g/mol. The Morgan fingerprint density at radius 2 is 2.04 bits per heavy atom. The van der Waals surface area contributed by atoms with E-state index in [9.17, 15) is 13.2 Å². The van der Waals surface area contributed by atoms with E-state index in [1.807, 2.05) is 7.05 Å². The Morgan fingerprint density at radius 3 is 2.62 bits per heavy atom. The van der Waals surface area contributed by atoms with E-state index >= 15 is 0 Å². The summed E-state index contributed by atoms with van der Waals surface area (Å²) in [7, 11) is -0.293. The maximum absolute atomic E-state index is 12.3. The highest BCUT2D eigenvalue weighted by atomic mass is 35.5. The van der Waals surface area contributed by atoms with Crippen LogP contribution in [0.3, 0.4) is 0 Å². The number of nitrogens with one attached hydrogen (secondary N) is 1. The van der Waals surface area contributed by atoms with Gasteiger partial charge in [-0.3, -0.25) is 9.10 Å². The minimum Gasteiger partial charge on any atom is -0.495 e. The number of hydrogen-bond acceptors (Lipinski definition) is 6. The number of hydrazone groups is 1. The highest BCUT2D eigenvalue weighted by molar-refractivity contribution is 7.92. The van der Waals surface area contributed by atoms with Gasteiger partial charge in [0.15, 0.2) is 0 Å². The summed E-state index contributed by atoms with van der Waals surface area (Å²) in [6, 6.07) is 4.57. The zero-order valence-electron chi connectivity index (χ0n) is 15.0. The molecule has 144 valence electrons. The lowest BCUT2D eigenvalue weighted by molar-refractivity contribution is -0.119. The van der Waals surface area contributed by atoms with Gasteiger partial charge < -0.3 is 9.64 Å². The zero-order chi connectivity index (χ0) is 19.3. The average molecular weight is 403 g/mol. The Morgan fingerprint density at radius 1 is 1.38 bits per heavy atom. The van der Waals surface area contributed by atoms with Gasteiger partial charge >= 0.3 is 0 Å². The van der Waals surface area contributed by atoms with E-state index in [2.05, 4.69) is 15.4 Å². The molecule has 0 unspecified atom stereocenters. The van der Waals surface area contributed by atoms with E-state index in [1.165, 1.54) is 13.2 Å². The highest BCUT2D eigenvalue weighted by Crippen LogP contribution is 2.32. The van der Waals surface area contributed by atoms with Crippen molar-refractivity contribution in [3.63, 3.8) is 0 Å². The standard InChI is InChI=1S/C16H23ClN4O4S/c1-20-8-6-13(7-9-20)18-19-16(22)11-21(26(3,23)24)14-10-12(17)4-5-15(14)25-2/h4-5,10H,6-9,11H2,1-3H3,(H,19,22). The van der Waals surface area contributed by atoms with E-state index in [0.29, 0.717) is 10.8 Å². The summed E-state index contributed by atoms with van der Waals surface area (Å²) < 4.78 is 30.5. The van der Waals surface area contributed by atoms with Gasteiger partial charge in [-0.05, 0) is 25.2 Å². The molecule has 1 fully saturated rings. The zero-order valence-corrected chi connectivity index (χ0v) is 16.6. The van der Waals surface area contributed by atoms with Crippen molar-refractivity contribution in [2.75, 3.05) is 44.4 Å². The number of nitrogens with zero attached hydrogens (tertiary/aromatic N) is 3. The van der Waals surface area contributed by atoms with Gasteiger partial charge in [-0.2, -0.15) is 5.10 Å². The molecule has 0 saturated carbocycles. The number of amides is 1. The number of halogens is 1. The molecule has 1 amide bonds. The largest absolute Gasteiger partial charge is 0.495 e. The number of carbonyl (C=O) groups excluding carboxylic acids is 1. The van der Waals surface area contributed by atoms with Crippen LogP contribution in [0.25, 0.3) is 0 Å². The minimum atomic E-state index is -3.73. The van der Waals surface area contributed by atoms with Gasteiger partial charge in [0, 0.05) is 36.7 Å². The van der Waals surface area contributed by atoms with E-state index in [-0.39, 0.29) is 5.69 Å². The van der Waals surface area contributed by atoms with E-state index in [0.717, 1.165) is 42.2 Å². The van der Waals surface area contributed by atoms with Crippen molar-refractivity contribution in [2.45, 2.75) is 12.8 Å². The molecule has 0 aromatic heterocycles. The first-order valence-corrected chi connectivity index (χ1v) is 10.3. The van der Waals surface area contributed by atoms with E-state index in [1.54, 1.807) is 12.1 Å². The maximum Gasteiger partial charge on any atom is 0.260 e. The van der Waals surface area contributed by atoms with Crippen molar-refractivity contribution < 1.29 is 17.9 Å². The topological polar surface area (TPSA) is 91.3 Å². The van der Waals surface area contributed by atoms with Crippen LogP contribution in [0.5, 0.6) is 5.75 Å². The first kappa shape index (κ1) is 20.5. The summed E-state index contributed by atoms with van der Waals surface area (Å²) in [4.78, 5) is 14.4. The average Bonchev–Trinajstić information content (AvgIpc) is 2.58. The van der Waals surface area contributed by atoms with Crippen molar-refractivity contribution in [3.05, 3.63) is 23.2 Å². The minimum absolute atomic E-state index is 0.199. The predicted octanol–water partition coefficient (Wildman–Crippen LogP) is 1.31. The molecule has 1 aliphatic rings. The smallest absolute Gasteiger partial charge is 0.260 e. The van der Waals surface area contributed by atoms with Crippen LogP contribution < -0.4 is 14.5 Å². The van der Waals surface area contributed by atoms with Crippen molar-refractivity contribution in [1.82, 2.24) is 10.3 Å². The van der Waals surface area contributed by atoms with Crippen molar-refractivity contribution in [3.8, 4) is 5.75 Å². The number of methoxy groups -OCH3 is 1. The number of piperidine rings is 1. The summed E-state index contributed by atoms with van der Waals surface area (Å²) in [6.07, 6.45) is 2.56. The Hall–Kier alpha value is -1.84. The molecule has 0 bridgehead atoms. The molecular formula is C16H23ClN4O4S. The number of ether oxygens (including phenoxy) is 1. The molecule has 0 spiro atoms. The molecule has 1 saturated heterocycles. The molecule has 0 aliphatic carbocycles. The fraction of sp³-hybridized carbons (Fsp3) is 0.500. The summed E-state index contributed by atoms with van der Waals surface area (Å²) >= 11 is 5.98. The molecule has 1 heterocycles. The third-order valence-electron chi connectivity index (χ3n) is 4.00. The highest BCUT2D eigenvalue weighted by Gasteiger charge is 2.24. The Bertz CT molecular complexity index is 787. The molecule has 0 radical (unpaired) electrons. The number of anilines is 1. The molecule has 1 aliphatic heterocycles. The maximum atomic E-state index is 12.3. The Labute approximate surface area is 158 Å². The second kappa shape index (κ2) is 8.70. The van der Waals surface area contributed by atoms with Crippen LogP contribution in [-0.2, 0) is 14.8 Å². The van der Waals surface area contributed by atoms with Gasteiger partial charge in [-0.25, -0.2) is 13.8 Å². The molecule has 26 heavy (non-hydrogen) atoms. The second-order valence-electron chi connectivity index (χ2n) is 6.10. The lowest BCUT2D eigenvalue weighted by Crippen LogP contribution is -2.40. The first-order chi connectivity index (χ1) is 12.2. The fourth-order valence-electron chi connectivity index (χ4n) is 2.53. The number of carbonyl (C=O) groups is 1. The quantitative estimate of drug-likeness (QED) is 0.724. The first-order valence-electron chi connectivity index (χ1n) is 8.05. The Kier molecular flexibility index (Phi) is 6.85. The molecule has 8 nitrogen and oxygen atoms in total. The lowest BCUT2D eigenvalue weighted by Gasteiger charge is -2.24. The Balaban J connectivity index is 2.15. The van der Waals surface area contributed by atoms with E-state index < -0.39 is 22.5 Å². The van der Waals surface area contributed by atoms with Crippen LogP contribution in [0.4, 0.5) is 5.69 Å². The third kappa shape index (κ3) is 5.58. The SMILES string of the molecule is COc1ccc(Cl)cc1N(CC(=O)NN=C1CCN(C)CC1)S(C)(=O)=O. The van der Waals surface area contributed by atoms with Crippen LogP contribution in [0, 0.1) is 0 Å². The number of sulfonamides is 1. The fourth-order valence-corrected chi connectivity index (χ4v) is 3.55. The number of hydrogen-bond donors (Lipinski definition) is 1. The summed E-state index contributed by atoms with van der Waals surface area (Å²) in [5, 5.41) is 4.45. The summed E-state index contributed by atoms with van der Waals surface area (Å²) in [6.45, 7) is 1.33. The normalized spacial score (nSPS) is 15.5. The van der Waals surface area contributed by atoms with E-state index in [4.69, 9.17) is 16.3 Å². The van der Waals surface area contributed by atoms with Crippen molar-refractivity contribution in [2.24, 2.45) is 5.10 Å². The number of likely N-dealkylation sites (tertiary alicyclic amines) is 1. The number of rotatable bonds is 6. The summed E-state index contributed by atoms with van der Waals surface area (Å²) in [5.74, 6) is -0.238. The van der Waals surface area contributed by atoms with Gasteiger partial charge in [-0.15, -0.1) is 0 Å². The van der Waals surface area contributed by atoms with Gasteiger partial charge in [0.05, 0.1) is 19.1 Å².